The molecular weight excluding hydrogens is 464 g/mol. The van der Waals surface area contributed by atoms with Crippen molar-refractivity contribution in [2.24, 2.45) is 7.05 Å². The molecular formula is C27H31F2N5O2. The van der Waals surface area contributed by atoms with E-state index in [9.17, 15) is 18.8 Å². The lowest BCUT2D eigenvalue weighted by atomic mass is 9.96. The molecule has 36 heavy (non-hydrogen) atoms. The number of ether oxygens (including phenoxy) is 1. The molecule has 1 aliphatic rings. The Morgan fingerprint density at radius 3 is 2.42 bits per heavy atom. The Balaban J connectivity index is 1.68. The first-order valence-corrected chi connectivity index (χ1v) is 12.2. The zero-order valence-electron chi connectivity index (χ0n) is 21.0. The summed E-state index contributed by atoms with van der Waals surface area (Å²) in [6, 6.07) is 14.4. The number of aromatic nitrogens is 2. The molecule has 190 valence electrons. The fourth-order valence-corrected chi connectivity index (χ4v) is 5.17. The van der Waals surface area contributed by atoms with Crippen LogP contribution in [-0.4, -0.2) is 46.2 Å². The van der Waals surface area contributed by atoms with Crippen LogP contribution >= 0.6 is 0 Å². The van der Waals surface area contributed by atoms with Gasteiger partial charge in [0.2, 0.25) is 0 Å². The van der Waals surface area contributed by atoms with Gasteiger partial charge in [-0.25, -0.2) is 4.98 Å². The van der Waals surface area contributed by atoms with Crippen LogP contribution in [0.4, 0.5) is 14.5 Å². The number of piperazine rings is 1. The average Bonchev–Trinajstić information content (AvgIpc) is 2.89. The highest BCUT2D eigenvalue weighted by Crippen LogP contribution is 2.34. The van der Waals surface area contributed by atoms with E-state index in [4.69, 9.17) is 0 Å². The van der Waals surface area contributed by atoms with E-state index in [0.29, 0.717) is 23.3 Å². The van der Waals surface area contributed by atoms with Crippen molar-refractivity contribution in [2.75, 3.05) is 18.0 Å². The lowest BCUT2D eigenvalue weighted by Crippen LogP contribution is -2.58. The van der Waals surface area contributed by atoms with Gasteiger partial charge in [0.1, 0.15) is 23.0 Å². The van der Waals surface area contributed by atoms with Crippen molar-refractivity contribution < 1.29 is 13.5 Å². The zero-order valence-corrected chi connectivity index (χ0v) is 21.0. The third-order valence-electron chi connectivity index (χ3n) is 7.26. The molecule has 0 aliphatic carbocycles. The number of halogens is 2. The quantitative estimate of drug-likeness (QED) is 0.467. The predicted molar refractivity (Wildman–Crippen MR) is 135 cm³/mol. The Kier molecular flexibility index (Phi) is 7.55. The van der Waals surface area contributed by atoms with Crippen LogP contribution in [0.3, 0.4) is 0 Å². The van der Waals surface area contributed by atoms with E-state index in [1.165, 1.54) is 0 Å². The highest BCUT2D eigenvalue weighted by atomic mass is 19.3. The first kappa shape index (κ1) is 25.6. The third-order valence-corrected chi connectivity index (χ3v) is 7.26. The second-order valence-corrected chi connectivity index (χ2v) is 9.20. The molecule has 0 saturated carbocycles. The molecule has 3 aromatic rings. The van der Waals surface area contributed by atoms with Gasteiger partial charge >= 0.3 is 6.61 Å². The Morgan fingerprint density at radius 1 is 1.11 bits per heavy atom. The van der Waals surface area contributed by atoms with Crippen LogP contribution in [0, 0.1) is 11.3 Å². The molecule has 3 heterocycles. The number of fused-ring (bicyclic) bond motifs is 1. The van der Waals surface area contributed by atoms with Gasteiger partial charge in [0, 0.05) is 44.3 Å². The minimum Gasteiger partial charge on any atom is -0.435 e. The average molecular weight is 496 g/mol. The SMILES string of the molecule is CC[C@H]1CN(C(C)c2ccc(OC(F)F)cc2)[C@H](CC)CN1c1cc(=O)n(C)c2ccc(C#N)nc12. The predicted octanol–water partition coefficient (Wildman–Crippen LogP) is 4.85. The second-order valence-electron chi connectivity index (χ2n) is 9.20. The fraction of sp³-hybridized carbons (Fsp3) is 0.444. The number of aryl methyl sites for hydroxylation is 1. The molecule has 1 aromatic carbocycles. The Hall–Kier alpha value is -3.51. The molecule has 2 aromatic heterocycles. The number of rotatable bonds is 7. The van der Waals surface area contributed by atoms with Gasteiger partial charge in [-0.3, -0.25) is 9.69 Å². The summed E-state index contributed by atoms with van der Waals surface area (Å²) in [6.45, 7) is 5.01. The highest BCUT2D eigenvalue weighted by Gasteiger charge is 2.36. The summed E-state index contributed by atoms with van der Waals surface area (Å²) in [7, 11) is 1.71. The van der Waals surface area contributed by atoms with Crippen molar-refractivity contribution in [1.82, 2.24) is 14.5 Å². The van der Waals surface area contributed by atoms with E-state index >= 15 is 0 Å². The van der Waals surface area contributed by atoms with Gasteiger partial charge < -0.3 is 14.2 Å². The van der Waals surface area contributed by atoms with E-state index in [-0.39, 0.29) is 29.4 Å². The monoisotopic (exact) mass is 495 g/mol. The summed E-state index contributed by atoms with van der Waals surface area (Å²) in [5.74, 6) is 0.144. The van der Waals surface area contributed by atoms with E-state index < -0.39 is 6.61 Å². The maximum Gasteiger partial charge on any atom is 0.387 e. The minimum absolute atomic E-state index is 0.0652. The summed E-state index contributed by atoms with van der Waals surface area (Å²) in [5, 5.41) is 9.42. The van der Waals surface area contributed by atoms with Crippen LogP contribution in [0.5, 0.6) is 5.75 Å². The summed E-state index contributed by atoms with van der Waals surface area (Å²) >= 11 is 0. The van der Waals surface area contributed by atoms with E-state index in [1.54, 1.807) is 41.9 Å². The van der Waals surface area contributed by atoms with Gasteiger partial charge in [-0.15, -0.1) is 0 Å². The molecule has 4 rings (SSSR count). The van der Waals surface area contributed by atoms with Gasteiger partial charge in [0.25, 0.3) is 5.56 Å². The fourth-order valence-electron chi connectivity index (χ4n) is 5.17. The Morgan fingerprint density at radius 2 is 1.81 bits per heavy atom. The van der Waals surface area contributed by atoms with Crippen LogP contribution in [0.25, 0.3) is 11.0 Å². The molecule has 7 nitrogen and oxygen atoms in total. The van der Waals surface area contributed by atoms with E-state index in [0.717, 1.165) is 30.6 Å². The Bertz CT molecular complexity index is 1320. The summed E-state index contributed by atoms with van der Waals surface area (Å²) in [5.41, 5.74) is 3.33. The smallest absolute Gasteiger partial charge is 0.387 e. The van der Waals surface area contributed by atoms with Crippen molar-refractivity contribution >= 4 is 16.7 Å². The van der Waals surface area contributed by atoms with Gasteiger partial charge in [0.05, 0.1) is 11.2 Å². The molecule has 3 atom stereocenters. The summed E-state index contributed by atoms with van der Waals surface area (Å²) in [4.78, 5) is 22.1. The van der Waals surface area contributed by atoms with Gasteiger partial charge in [0.15, 0.2) is 0 Å². The van der Waals surface area contributed by atoms with Crippen LogP contribution < -0.4 is 15.2 Å². The first-order chi connectivity index (χ1) is 17.3. The normalized spacial score (nSPS) is 19.4. The second kappa shape index (κ2) is 10.6. The van der Waals surface area contributed by atoms with Gasteiger partial charge in [-0.2, -0.15) is 14.0 Å². The number of pyridine rings is 2. The van der Waals surface area contributed by atoms with Crippen LogP contribution in [0.15, 0.2) is 47.3 Å². The third kappa shape index (κ3) is 4.91. The maximum absolute atomic E-state index is 12.8. The topological polar surface area (TPSA) is 74.4 Å². The van der Waals surface area contributed by atoms with Crippen LogP contribution in [0.1, 0.15) is 50.9 Å². The molecule has 9 heteroatoms. The molecule has 0 amide bonds. The van der Waals surface area contributed by atoms with Gasteiger partial charge in [-0.05, 0) is 49.6 Å². The summed E-state index contributed by atoms with van der Waals surface area (Å²) < 4.78 is 31.1. The molecule has 0 N–H and O–H groups in total. The zero-order chi connectivity index (χ0) is 26.0. The molecule has 1 aliphatic heterocycles. The summed E-state index contributed by atoms with van der Waals surface area (Å²) in [6.07, 6.45) is 1.75. The number of hydrogen-bond acceptors (Lipinski definition) is 6. The standard InChI is InChI=1S/C27H31F2N5O2/c1-5-20-16-34(24-13-25(35)32(4)23-12-9-19(14-30)31-26(23)24)21(6-2)15-33(20)17(3)18-7-10-22(11-8-18)36-27(28)29/h7-13,17,20-21,27H,5-6,15-16H2,1-4H3/t17?,20-,21+/m1/s1. The van der Waals surface area contributed by atoms with Crippen molar-refractivity contribution in [1.29, 1.82) is 5.26 Å². The lowest BCUT2D eigenvalue weighted by molar-refractivity contribution is -0.0498. The van der Waals surface area contributed by atoms with Crippen molar-refractivity contribution in [2.45, 2.75) is 58.3 Å². The first-order valence-electron chi connectivity index (χ1n) is 12.2. The number of alkyl halides is 2. The number of nitrogens with zero attached hydrogens (tertiary/aromatic N) is 5. The van der Waals surface area contributed by atoms with Crippen molar-refractivity contribution in [3.63, 3.8) is 0 Å². The van der Waals surface area contributed by atoms with E-state index in [2.05, 4.69) is 46.4 Å². The molecule has 0 spiro atoms. The number of nitriles is 1. The lowest BCUT2D eigenvalue weighted by Gasteiger charge is -2.49. The van der Waals surface area contributed by atoms with Gasteiger partial charge in [-0.1, -0.05) is 26.0 Å². The molecule has 1 unspecified atom stereocenters. The van der Waals surface area contributed by atoms with Crippen LogP contribution in [-0.2, 0) is 7.05 Å². The minimum atomic E-state index is -2.85. The van der Waals surface area contributed by atoms with Crippen molar-refractivity contribution in [3.05, 3.63) is 64.1 Å². The largest absolute Gasteiger partial charge is 0.435 e. The van der Waals surface area contributed by atoms with Crippen LogP contribution in [0.2, 0.25) is 0 Å². The maximum atomic E-state index is 12.8. The number of benzene rings is 1. The molecule has 1 fully saturated rings. The Labute approximate surface area is 209 Å². The molecule has 1 saturated heterocycles. The van der Waals surface area contributed by atoms with E-state index in [1.807, 2.05) is 12.1 Å². The molecule has 0 bridgehead atoms. The molecule has 0 radical (unpaired) electrons. The number of hydrogen-bond donors (Lipinski definition) is 0. The van der Waals surface area contributed by atoms with Crippen molar-refractivity contribution in [3.8, 4) is 11.8 Å². The number of anilines is 1. The highest BCUT2D eigenvalue weighted by molar-refractivity contribution is 5.89.